The quantitative estimate of drug-likeness (QED) is 0.0211. The summed E-state index contributed by atoms with van der Waals surface area (Å²) in [5.74, 6) is -1.98. The topological polar surface area (TPSA) is 108 Å². The van der Waals surface area contributed by atoms with E-state index in [1.54, 1.807) is 0 Å². The highest BCUT2D eigenvalue weighted by Gasteiger charge is 2.25. The van der Waals surface area contributed by atoms with Gasteiger partial charge in [-0.15, -0.1) is 0 Å². The molecule has 0 aromatic rings. The van der Waals surface area contributed by atoms with Crippen LogP contribution in [0.3, 0.4) is 0 Å². The van der Waals surface area contributed by atoms with Crippen LogP contribution >= 0.6 is 0 Å². The number of likely N-dealkylation sites (N-methyl/N-ethyl adjacent to an activating group) is 1. The molecule has 0 aliphatic heterocycles. The minimum absolute atomic E-state index is 0.178. The predicted molar refractivity (Wildman–Crippen MR) is 383 cm³/mol. The van der Waals surface area contributed by atoms with E-state index in [1.165, 1.54) is 289 Å². The van der Waals surface area contributed by atoms with Gasteiger partial charge in [-0.1, -0.05) is 338 Å². The van der Waals surface area contributed by atoms with E-state index in [4.69, 9.17) is 18.9 Å². The number of unbranched alkanes of at least 4 members (excludes halogenated alkanes) is 47. The van der Waals surface area contributed by atoms with Gasteiger partial charge in [0.1, 0.15) is 13.2 Å². The fraction of sp³-hybridized carbons (Fsp3) is 0.838. The molecule has 0 aromatic carbocycles. The molecule has 0 bridgehead atoms. The Balaban J connectivity index is 4.02. The van der Waals surface area contributed by atoms with Crippen molar-refractivity contribution in [3.8, 4) is 0 Å². The summed E-state index contributed by atoms with van der Waals surface area (Å²) < 4.78 is 23.0. The van der Waals surface area contributed by atoms with Gasteiger partial charge in [0.05, 0.1) is 34.4 Å². The lowest BCUT2D eigenvalue weighted by molar-refractivity contribution is -0.870. The van der Waals surface area contributed by atoms with Gasteiger partial charge in [-0.25, -0.2) is 4.79 Å². The Morgan fingerprint density at radius 1 is 0.337 bits per heavy atom. The molecule has 2 unspecified atom stereocenters. The average molecular weight is 1250 g/mol. The van der Waals surface area contributed by atoms with Gasteiger partial charge in [-0.2, -0.15) is 0 Å². The summed E-state index contributed by atoms with van der Waals surface area (Å²) in [5.41, 5.74) is 0. The normalized spacial score (nSPS) is 13.0. The van der Waals surface area contributed by atoms with E-state index in [-0.39, 0.29) is 38.2 Å². The van der Waals surface area contributed by atoms with Crippen molar-refractivity contribution in [2.24, 2.45) is 0 Å². The van der Waals surface area contributed by atoms with Gasteiger partial charge in [0.25, 0.3) is 6.29 Å². The first-order chi connectivity index (χ1) is 43.6. The van der Waals surface area contributed by atoms with Crippen molar-refractivity contribution < 1.29 is 42.9 Å². The molecule has 0 aliphatic carbocycles. The largest absolute Gasteiger partial charge is 0.477 e. The molecule has 0 saturated carbocycles. The Kier molecular flexibility index (Phi) is 68.5. The van der Waals surface area contributed by atoms with E-state index in [0.717, 1.165) is 57.8 Å². The van der Waals surface area contributed by atoms with Crippen molar-refractivity contribution in [1.29, 1.82) is 0 Å². The number of ether oxygens (including phenoxy) is 4. The molecule has 0 fully saturated rings. The summed E-state index contributed by atoms with van der Waals surface area (Å²) in [6.07, 6.45) is 90.7. The van der Waals surface area contributed by atoms with Gasteiger partial charge in [-0.3, -0.25) is 9.59 Å². The molecule has 0 aliphatic rings. The maximum atomic E-state index is 13.0. The molecule has 2 atom stereocenters. The van der Waals surface area contributed by atoms with Gasteiger partial charge in [0.2, 0.25) is 0 Å². The zero-order chi connectivity index (χ0) is 64.7. The Morgan fingerprint density at radius 2 is 0.607 bits per heavy atom. The SMILES string of the molecule is CCCCCCC/C=C\C/C=C\C/C=C\CCCCCCCCCCCCCCCCCCC(=O)OC(COC(=O)CCCCCCCCCCCCCCCCCCCCCCC/C=C\C/C=C\CCCCCCC)COC(OCC[N+](C)(C)C)C(=O)O. The summed E-state index contributed by atoms with van der Waals surface area (Å²) in [5, 5.41) is 9.77. The molecule has 9 heteroatoms. The van der Waals surface area contributed by atoms with Crippen molar-refractivity contribution in [3.63, 3.8) is 0 Å². The van der Waals surface area contributed by atoms with Crippen LogP contribution in [0.4, 0.5) is 0 Å². The highest BCUT2D eigenvalue weighted by atomic mass is 16.7. The second-order valence-corrected chi connectivity index (χ2v) is 27.3. The molecule has 0 aromatic heterocycles. The van der Waals surface area contributed by atoms with Crippen molar-refractivity contribution in [3.05, 3.63) is 60.8 Å². The minimum atomic E-state index is -1.51. The fourth-order valence-corrected chi connectivity index (χ4v) is 11.4. The van der Waals surface area contributed by atoms with E-state index < -0.39 is 18.4 Å². The minimum Gasteiger partial charge on any atom is -0.477 e. The lowest BCUT2D eigenvalue weighted by Crippen LogP contribution is -2.40. The van der Waals surface area contributed by atoms with Crippen LogP contribution in [0.2, 0.25) is 0 Å². The molecule has 520 valence electrons. The predicted octanol–water partition coefficient (Wildman–Crippen LogP) is 24.3. The number of quaternary nitrogens is 1. The lowest BCUT2D eigenvalue weighted by atomic mass is 10.0. The van der Waals surface area contributed by atoms with Crippen LogP contribution in [0.5, 0.6) is 0 Å². The number of nitrogens with zero attached hydrogens (tertiary/aromatic N) is 1. The molecular weight excluding hydrogens is 1100 g/mol. The third-order valence-corrected chi connectivity index (χ3v) is 17.2. The second-order valence-electron chi connectivity index (χ2n) is 27.3. The number of hydrogen-bond donors (Lipinski definition) is 1. The highest BCUT2D eigenvalue weighted by Crippen LogP contribution is 2.19. The third kappa shape index (κ3) is 72.3. The molecule has 0 heterocycles. The number of carboxylic acids is 1. The van der Waals surface area contributed by atoms with Gasteiger partial charge < -0.3 is 28.5 Å². The molecule has 89 heavy (non-hydrogen) atoms. The molecule has 9 nitrogen and oxygen atoms in total. The van der Waals surface area contributed by atoms with Crippen molar-refractivity contribution in [2.75, 3.05) is 47.5 Å². The maximum absolute atomic E-state index is 13.0. The summed E-state index contributed by atoms with van der Waals surface area (Å²) in [6, 6.07) is 0. The Labute approximate surface area is 552 Å². The van der Waals surface area contributed by atoms with Gasteiger partial charge in [0.15, 0.2) is 6.10 Å². The molecule has 0 amide bonds. The first-order valence-electron chi connectivity index (χ1n) is 38.5. The summed E-state index contributed by atoms with van der Waals surface area (Å²) in [7, 11) is 5.99. The number of aliphatic carboxylic acids is 1. The van der Waals surface area contributed by atoms with Crippen LogP contribution in [-0.2, 0) is 33.3 Å². The number of rotatable bonds is 72. The Hall–Kier alpha value is -3.01. The summed E-state index contributed by atoms with van der Waals surface area (Å²) in [4.78, 5) is 37.7. The maximum Gasteiger partial charge on any atom is 0.361 e. The summed E-state index contributed by atoms with van der Waals surface area (Å²) in [6.45, 7) is 4.92. The number of carbonyl (C=O) groups is 3. The third-order valence-electron chi connectivity index (χ3n) is 17.2. The smallest absolute Gasteiger partial charge is 0.361 e. The van der Waals surface area contributed by atoms with Crippen LogP contribution in [0.15, 0.2) is 60.8 Å². The van der Waals surface area contributed by atoms with E-state index in [2.05, 4.69) is 74.6 Å². The molecule has 1 N–H and O–H groups in total. The van der Waals surface area contributed by atoms with E-state index in [9.17, 15) is 19.5 Å². The van der Waals surface area contributed by atoms with Crippen molar-refractivity contribution >= 4 is 17.9 Å². The van der Waals surface area contributed by atoms with Gasteiger partial charge >= 0.3 is 17.9 Å². The van der Waals surface area contributed by atoms with Crippen LogP contribution in [0.25, 0.3) is 0 Å². The number of carboxylic acid groups (broad SMARTS) is 1. The van der Waals surface area contributed by atoms with Crippen LogP contribution in [0.1, 0.15) is 373 Å². The number of hydrogen-bond acceptors (Lipinski definition) is 7. The first kappa shape index (κ1) is 86.0. The Morgan fingerprint density at radius 3 is 0.899 bits per heavy atom. The second kappa shape index (κ2) is 70.9. The number of esters is 2. The molecule has 0 rings (SSSR count). The van der Waals surface area contributed by atoms with Crippen LogP contribution in [0, 0.1) is 0 Å². The summed E-state index contributed by atoms with van der Waals surface area (Å²) >= 11 is 0. The van der Waals surface area contributed by atoms with Gasteiger partial charge in [0, 0.05) is 12.8 Å². The van der Waals surface area contributed by atoms with Crippen molar-refractivity contribution in [1.82, 2.24) is 0 Å². The molecule has 0 radical (unpaired) electrons. The monoisotopic (exact) mass is 1250 g/mol. The molecule has 0 saturated heterocycles. The van der Waals surface area contributed by atoms with Crippen LogP contribution in [-0.4, -0.2) is 87.4 Å². The standard InChI is InChI=1S/C80H147NO8/c1-6-8-10-12-14-16-18-20-22-24-26-28-30-32-34-36-38-39-41-42-44-46-48-50-52-54-56-58-60-62-64-66-68-70-77(82)87-74-76(75-88-80(79(84)85)86-73-72-81(3,4)5)89-78(83)71-69-67-65-63-61-59-57-55-53-51-49-47-45-43-40-37-35-33-31-29-27-25-23-21-19-17-15-13-11-9-7-2/h18-21,24-27,31,33,76,80H,6-17,22-23,28-30,32,34-75H2,1-5H3/p+1/b20-18-,21-19-,26-24-,27-25-,33-31-. The zero-order valence-electron chi connectivity index (χ0n) is 59.6. The van der Waals surface area contributed by atoms with E-state index >= 15 is 0 Å². The Bertz CT molecular complexity index is 1650. The van der Waals surface area contributed by atoms with Crippen molar-refractivity contribution in [2.45, 2.75) is 386 Å². The van der Waals surface area contributed by atoms with Gasteiger partial charge in [-0.05, 0) is 83.5 Å². The average Bonchev–Trinajstić information content (AvgIpc) is 3.64. The molecular formula is C80H148NO8+. The first-order valence-corrected chi connectivity index (χ1v) is 38.5. The zero-order valence-corrected chi connectivity index (χ0v) is 59.6. The molecule has 0 spiro atoms. The highest BCUT2D eigenvalue weighted by molar-refractivity contribution is 5.71. The van der Waals surface area contributed by atoms with E-state index in [1.807, 2.05) is 21.1 Å². The lowest BCUT2D eigenvalue weighted by Gasteiger charge is -2.25. The fourth-order valence-electron chi connectivity index (χ4n) is 11.4. The van der Waals surface area contributed by atoms with E-state index in [0.29, 0.717) is 17.4 Å². The van der Waals surface area contributed by atoms with Crippen LogP contribution < -0.4 is 0 Å². The number of allylic oxidation sites excluding steroid dienone is 10. The number of carbonyl (C=O) groups excluding carboxylic acids is 2.